The van der Waals surface area contributed by atoms with Gasteiger partial charge in [0.1, 0.15) is 10.6 Å². The lowest BCUT2D eigenvalue weighted by Gasteiger charge is -2.03. The number of nitrogens with zero attached hydrogens (tertiary/aromatic N) is 2. The number of hydrogen-bond donors (Lipinski definition) is 3. The summed E-state index contributed by atoms with van der Waals surface area (Å²) >= 11 is 1.29. The molecular formula is C8H8N4O4S2. The highest BCUT2D eigenvalue weighted by atomic mass is 32.2. The van der Waals surface area contributed by atoms with E-state index in [2.05, 4.69) is 19.9 Å². The Bertz CT molecular complexity index is 646. The second-order valence-corrected chi connectivity index (χ2v) is 5.85. The van der Waals surface area contributed by atoms with Crippen LogP contribution < -0.4 is 4.72 Å². The molecule has 0 aliphatic heterocycles. The fourth-order valence-electron chi connectivity index (χ4n) is 1.20. The highest BCUT2D eigenvalue weighted by Crippen LogP contribution is 2.12. The molecule has 0 atom stereocenters. The second kappa shape index (κ2) is 4.84. The van der Waals surface area contributed by atoms with Gasteiger partial charge in [-0.3, -0.25) is 5.10 Å². The second-order valence-electron chi connectivity index (χ2n) is 3.17. The monoisotopic (exact) mass is 288 g/mol. The van der Waals surface area contributed by atoms with Crippen molar-refractivity contribution >= 4 is 27.3 Å². The molecule has 0 fully saturated rings. The maximum Gasteiger partial charge on any atom is 0.340 e. The molecule has 96 valence electrons. The summed E-state index contributed by atoms with van der Waals surface area (Å²) in [7, 11) is -3.95. The van der Waals surface area contributed by atoms with E-state index in [9.17, 15) is 13.2 Å². The number of carboxylic acid groups (broad SMARTS) is 1. The largest absolute Gasteiger partial charge is 0.478 e. The number of sulfonamides is 1. The lowest BCUT2D eigenvalue weighted by molar-refractivity contribution is 0.0692. The van der Waals surface area contributed by atoms with Crippen molar-refractivity contribution in [3.63, 3.8) is 0 Å². The lowest BCUT2D eigenvalue weighted by atomic mass is 10.4. The van der Waals surface area contributed by atoms with E-state index in [-0.39, 0.29) is 6.54 Å². The van der Waals surface area contributed by atoms with E-state index < -0.39 is 26.6 Å². The summed E-state index contributed by atoms with van der Waals surface area (Å²) in [5, 5.41) is 16.2. The van der Waals surface area contributed by atoms with Crippen LogP contribution in [-0.2, 0) is 16.6 Å². The van der Waals surface area contributed by atoms with Gasteiger partial charge in [-0.15, -0.1) is 11.3 Å². The minimum absolute atomic E-state index is 0.00191. The SMILES string of the molecule is O=C(O)c1cn[nH]c1S(=O)(=O)NCc1nccs1. The molecule has 2 aromatic heterocycles. The zero-order valence-corrected chi connectivity index (χ0v) is 10.5. The van der Waals surface area contributed by atoms with E-state index >= 15 is 0 Å². The van der Waals surface area contributed by atoms with Gasteiger partial charge in [0.2, 0.25) is 0 Å². The number of thiazole rings is 1. The van der Waals surface area contributed by atoms with Crippen LogP contribution in [0.3, 0.4) is 0 Å². The van der Waals surface area contributed by atoms with Crippen LogP contribution in [0.25, 0.3) is 0 Å². The Morgan fingerprint density at radius 2 is 2.33 bits per heavy atom. The molecule has 2 aromatic rings. The van der Waals surface area contributed by atoms with Crippen molar-refractivity contribution in [2.24, 2.45) is 0 Å². The number of nitrogens with one attached hydrogen (secondary N) is 2. The molecule has 0 radical (unpaired) electrons. The molecule has 0 aliphatic rings. The molecule has 0 unspecified atom stereocenters. The first-order valence-electron chi connectivity index (χ1n) is 4.65. The van der Waals surface area contributed by atoms with E-state index in [1.165, 1.54) is 11.3 Å². The van der Waals surface area contributed by atoms with E-state index in [0.29, 0.717) is 5.01 Å². The minimum atomic E-state index is -3.95. The standard InChI is InChI=1S/C8H8N4O4S2/c13-8(14)5-3-10-12-7(5)18(15,16)11-4-6-9-1-2-17-6/h1-3,11H,4H2,(H,10,12)(H,13,14). The molecule has 0 spiro atoms. The molecule has 8 nitrogen and oxygen atoms in total. The van der Waals surface area contributed by atoms with Gasteiger partial charge in [-0.2, -0.15) is 5.10 Å². The average molecular weight is 288 g/mol. The zero-order chi connectivity index (χ0) is 13.2. The van der Waals surface area contributed by atoms with Crippen molar-refractivity contribution in [3.05, 3.63) is 28.3 Å². The number of carbonyl (C=O) groups is 1. The van der Waals surface area contributed by atoms with Gasteiger partial charge in [0.05, 0.1) is 12.7 Å². The van der Waals surface area contributed by atoms with Crippen LogP contribution in [0, 0.1) is 0 Å². The van der Waals surface area contributed by atoms with Crippen LogP contribution >= 0.6 is 11.3 Å². The van der Waals surface area contributed by atoms with Gasteiger partial charge in [0, 0.05) is 11.6 Å². The summed E-state index contributed by atoms with van der Waals surface area (Å²) in [4.78, 5) is 14.7. The van der Waals surface area contributed by atoms with Crippen LogP contribution in [0.5, 0.6) is 0 Å². The van der Waals surface area contributed by atoms with Crippen LogP contribution in [0.1, 0.15) is 15.4 Å². The van der Waals surface area contributed by atoms with Crippen LogP contribution in [0.4, 0.5) is 0 Å². The number of aromatic amines is 1. The van der Waals surface area contributed by atoms with Gasteiger partial charge in [-0.05, 0) is 0 Å². The molecule has 2 heterocycles. The average Bonchev–Trinajstić information content (AvgIpc) is 2.98. The van der Waals surface area contributed by atoms with Crippen LogP contribution in [-0.4, -0.2) is 34.7 Å². The van der Waals surface area contributed by atoms with Gasteiger partial charge < -0.3 is 5.11 Å². The molecule has 2 rings (SSSR count). The summed E-state index contributed by atoms with van der Waals surface area (Å²) in [6.07, 6.45) is 2.49. The van der Waals surface area contributed by atoms with Gasteiger partial charge in [0.15, 0.2) is 5.03 Å². The lowest BCUT2D eigenvalue weighted by Crippen LogP contribution is -2.25. The number of hydrogen-bond acceptors (Lipinski definition) is 6. The third-order valence-electron chi connectivity index (χ3n) is 2.00. The molecule has 10 heteroatoms. The first kappa shape index (κ1) is 12.7. The Labute approximate surface area is 106 Å². The van der Waals surface area contributed by atoms with Gasteiger partial charge in [0.25, 0.3) is 10.0 Å². The molecule has 0 saturated heterocycles. The van der Waals surface area contributed by atoms with E-state index in [4.69, 9.17) is 5.11 Å². The fourth-order valence-corrected chi connectivity index (χ4v) is 2.92. The Balaban J connectivity index is 2.20. The van der Waals surface area contributed by atoms with Crippen molar-refractivity contribution in [2.75, 3.05) is 0 Å². The number of rotatable bonds is 5. The predicted molar refractivity (Wildman–Crippen MR) is 61.7 cm³/mol. The van der Waals surface area contributed by atoms with Crippen LogP contribution in [0.15, 0.2) is 22.8 Å². The van der Waals surface area contributed by atoms with Crippen molar-refractivity contribution in [3.8, 4) is 0 Å². The summed E-state index contributed by atoms with van der Waals surface area (Å²) in [6.45, 7) is -0.00191. The number of aromatic nitrogens is 3. The first-order valence-corrected chi connectivity index (χ1v) is 7.01. The normalized spacial score (nSPS) is 11.6. The Kier molecular flexibility index (Phi) is 3.41. The number of carboxylic acids is 1. The van der Waals surface area contributed by atoms with Gasteiger partial charge in [-0.25, -0.2) is 22.9 Å². The molecular weight excluding hydrogens is 280 g/mol. The fraction of sp³-hybridized carbons (Fsp3) is 0.125. The zero-order valence-electron chi connectivity index (χ0n) is 8.82. The molecule has 0 amide bonds. The highest BCUT2D eigenvalue weighted by Gasteiger charge is 2.24. The van der Waals surface area contributed by atoms with E-state index in [1.54, 1.807) is 11.6 Å². The van der Waals surface area contributed by atoms with Gasteiger partial charge in [-0.1, -0.05) is 0 Å². The molecule has 0 aliphatic carbocycles. The smallest absolute Gasteiger partial charge is 0.340 e. The first-order chi connectivity index (χ1) is 8.50. The van der Waals surface area contributed by atoms with E-state index in [1.807, 2.05) is 0 Å². The summed E-state index contributed by atoms with van der Waals surface area (Å²) in [6, 6.07) is 0. The number of aromatic carboxylic acids is 1. The summed E-state index contributed by atoms with van der Waals surface area (Å²) in [5.74, 6) is -1.36. The molecule has 3 N–H and O–H groups in total. The van der Waals surface area contributed by atoms with Crippen molar-refractivity contribution in [1.29, 1.82) is 0 Å². The Hall–Kier alpha value is -1.78. The Morgan fingerprint density at radius 3 is 2.94 bits per heavy atom. The molecule has 0 aromatic carbocycles. The number of H-pyrrole nitrogens is 1. The topological polar surface area (TPSA) is 125 Å². The molecule has 0 bridgehead atoms. The van der Waals surface area contributed by atoms with Crippen molar-refractivity contribution in [2.45, 2.75) is 11.6 Å². The van der Waals surface area contributed by atoms with E-state index in [0.717, 1.165) is 6.20 Å². The Morgan fingerprint density at radius 1 is 1.56 bits per heavy atom. The highest BCUT2D eigenvalue weighted by molar-refractivity contribution is 7.89. The molecule has 0 saturated carbocycles. The van der Waals surface area contributed by atoms with Gasteiger partial charge >= 0.3 is 5.97 Å². The van der Waals surface area contributed by atoms with Crippen LogP contribution in [0.2, 0.25) is 0 Å². The maximum atomic E-state index is 11.8. The maximum absolute atomic E-state index is 11.8. The van der Waals surface area contributed by atoms with Crippen molar-refractivity contribution in [1.82, 2.24) is 19.9 Å². The van der Waals surface area contributed by atoms with Crippen molar-refractivity contribution < 1.29 is 18.3 Å². The third-order valence-corrected chi connectivity index (χ3v) is 4.15. The third kappa shape index (κ3) is 2.55. The predicted octanol–water partition coefficient (Wildman–Crippen LogP) is 0.0429. The molecule has 18 heavy (non-hydrogen) atoms. The minimum Gasteiger partial charge on any atom is -0.478 e. The quantitative estimate of drug-likeness (QED) is 0.713. The summed E-state index contributed by atoms with van der Waals surface area (Å²) in [5.41, 5.74) is -0.401. The summed E-state index contributed by atoms with van der Waals surface area (Å²) < 4.78 is 25.9.